The van der Waals surface area contributed by atoms with Gasteiger partial charge < -0.3 is 25.4 Å². The van der Waals surface area contributed by atoms with Crippen LogP contribution in [-0.2, 0) is 14.4 Å². The maximum Gasteiger partial charge on any atom is 0.269 e. The number of ketones is 1. The Morgan fingerprint density at radius 1 is 1.17 bits per heavy atom. The minimum Gasteiger partial charge on any atom is -0.484 e. The predicted octanol–water partition coefficient (Wildman–Crippen LogP) is 2.65. The van der Waals surface area contributed by atoms with Gasteiger partial charge in [0.1, 0.15) is 28.7 Å². The number of halogens is 3. The average Bonchev–Trinajstić information content (AvgIpc) is 2.81. The highest BCUT2D eigenvalue weighted by atomic mass is 35.5. The highest BCUT2D eigenvalue weighted by Crippen LogP contribution is 2.41. The molecule has 1 atom stereocenters. The number of hydrogen-bond acceptors (Lipinski definition) is 6. The van der Waals surface area contributed by atoms with Crippen molar-refractivity contribution in [1.82, 2.24) is 16.0 Å². The van der Waals surface area contributed by atoms with Crippen molar-refractivity contribution in [1.29, 1.82) is 0 Å². The van der Waals surface area contributed by atoms with Crippen LogP contribution < -0.4 is 25.4 Å². The Hall–Kier alpha value is -3.63. The highest BCUT2D eigenvalue weighted by Gasteiger charge is 2.51. The number of amides is 3. The molecule has 0 saturated heterocycles. The van der Waals surface area contributed by atoms with Gasteiger partial charge in [0.05, 0.1) is 17.0 Å². The molecule has 0 radical (unpaired) electrons. The summed E-state index contributed by atoms with van der Waals surface area (Å²) < 4.78 is 24.4. The minimum atomic E-state index is -1.05. The van der Waals surface area contributed by atoms with Gasteiger partial charge in [0.25, 0.3) is 17.7 Å². The fourth-order valence-corrected chi connectivity index (χ4v) is 4.59. The van der Waals surface area contributed by atoms with Gasteiger partial charge in [-0.15, -0.1) is 0 Å². The lowest BCUT2D eigenvalue weighted by atomic mass is 9.74. The number of hydrogen-bond donors (Lipinski definition) is 3. The number of ether oxygens (including phenoxy) is 2. The van der Waals surface area contributed by atoms with Gasteiger partial charge in [0, 0.05) is 23.9 Å². The summed E-state index contributed by atoms with van der Waals surface area (Å²) in [5, 5.41) is 8.28. The van der Waals surface area contributed by atoms with Crippen LogP contribution in [0.15, 0.2) is 47.7 Å². The van der Waals surface area contributed by atoms with Crippen LogP contribution in [0, 0.1) is 5.82 Å². The summed E-state index contributed by atoms with van der Waals surface area (Å²) in [5.74, 6) is -2.31. The van der Waals surface area contributed by atoms with Crippen molar-refractivity contribution in [3.05, 3.63) is 69.1 Å². The van der Waals surface area contributed by atoms with E-state index in [1.165, 1.54) is 24.3 Å². The first kappa shape index (κ1) is 24.1. The molecule has 3 amide bonds. The van der Waals surface area contributed by atoms with E-state index in [4.69, 9.17) is 32.7 Å². The Bertz CT molecular complexity index is 1350. The highest BCUT2D eigenvalue weighted by molar-refractivity contribution is 6.31. The van der Waals surface area contributed by atoms with Crippen LogP contribution in [0.4, 0.5) is 4.39 Å². The smallest absolute Gasteiger partial charge is 0.269 e. The lowest BCUT2D eigenvalue weighted by Crippen LogP contribution is -2.71. The first-order valence-electron chi connectivity index (χ1n) is 10.9. The normalized spacial score (nSPS) is 19.4. The SMILES string of the molecule is O=C(COc1ccc(Cl)c(F)c1)NC1=C2CC(NC(=O)C3CC(=O)c4cc(Cl)ccc4O3)(C2)NC1=O. The van der Waals surface area contributed by atoms with Crippen molar-refractivity contribution in [2.45, 2.75) is 31.0 Å². The van der Waals surface area contributed by atoms with Crippen molar-refractivity contribution >= 4 is 46.7 Å². The van der Waals surface area contributed by atoms with E-state index in [2.05, 4.69) is 16.0 Å². The number of fused-ring (bicyclic) bond motifs is 3. The zero-order valence-corrected chi connectivity index (χ0v) is 20.0. The van der Waals surface area contributed by atoms with Gasteiger partial charge >= 0.3 is 0 Å². The van der Waals surface area contributed by atoms with E-state index in [1.807, 2.05) is 0 Å². The van der Waals surface area contributed by atoms with Crippen LogP contribution in [0.5, 0.6) is 11.5 Å². The number of carbonyl (C=O) groups is 4. The zero-order valence-electron chi connectivity index (χ0n) is 18.5. The number of Topliss-reactive ketones (excluding diaryl/α,β-unsaturated/α-hetero) is 1. The number of rotatable bonds is 6. The van der Waals surface area contributed by atoms with E-state index in [9.17, 15) is 23.6 Å². The van der Waals surface area contributed by atoms with Gasteiger partial charge in [0.15, 0.2) is 18.5 Å². The molecule has 3 aliphatic heterocycles. The van der Waals surface area contributed by atoms with E-state index in [1.54, 1.807) is 6.07 Å². The molecule has 2 aromatic rings. The van der Waals surface area contributed by atoms with Crippen LogP contribution in [0.3, 0.4) is 0 Å². The molecular formula is C24H18Cl2FN3O6. The van der Waals surface area contributed by atoms with Crippen LogP contribution in [0.25, 0.3) is 0 Å². The average molecular weight is 534 g/mol. The molecule has 6 rings (SSSR count). The van der Waals surface area contributed by atoms with E-state index in [-0.39, 0.29) is 47.3 Å². The second-order valence-electron chi connectivity index (χ2n) is 8.64. The molecule has 3 N–H and O–H groups in total. The molecule has 186 valence electrons. The van der Waals surface area contributed by atoms with E-state index in [0.717, 1.165) is 6.07 Å². The second kappa shape index (κ2) is 9.11. The maximum atomic E-state index is 13.5. The molecule has 1 unspecified atom stereocenters. The summed E-state index contributed by atoms with van der Waals surface area (Å²) in [7, 11) is 0. The molecule has 1 aliphatic carbocycles. The summed E-state index contributed by atoms with van der Waals surface area (Å²) in [6.07, 6.45) is -0.668. The van der Waals surface area contributed by atoms with Crippen LogP contribution >= 0.6 is 23.2 Å². The molecule has 2 aromatic carbocycles. The van der Waals surface area contributed by atoms with Crippen molar-refractivity contribution < 1.29 is 33.0 Å². The first-order chi connectivity index (χ1) is 17.1. The van der Waals surface area contributed by atoms with E-state index >= 15 is 0 Å². The van der Waals surface area contributed by atoms with Gasteiger partial charge in [0.2, 0.25) is 0 Å². The lowest BCUT2D eigenvalue weighted by molar-refractivity contribution is -0.134. The molecule has 2 bridgehead atoms. The maximum absolute atomic E-state index is 13.5. The van der Waals surface area contributed by atoms with Gasteiger partial charge in [-0.2, -0.15) is 0 Å². The standard InChI is InChI=1S/C24H18Cl2FN3O6/c25-12-1-4-18-14(5-12)17(31)7-19(36-18)22(33)29-24-8-11(9-24)21(23(34)30-24)28-20(32)10-35-13-2-3-15(26)16(27)6-13/h1-6,19H,7-10H2,(H,28,32)(H,29,33)(H,30,34). The Labute approximate surface area is 213 Å². The molecule has 0 aromatic heterocycles. The largest absolute Gasteiger partial charge is 0.484 e. The van der Waals surface area contributed by atoms with Crippen molar-refractivity contribution in [2.75, 3.05) is 6.61 Å². The molecular weight excluding hydrogens is 516 g/mol. The van der Waals surface area contributed by atoms with Crippen molar-refractivity contribution in [3.63, 3.8) is 0 Å². The third kappa shape index (κ3) is 4.61. The Balaban J connectivity index is 1.18. The lowest BCUT2D eigenvalue weighted by Gasteiger charge is -2.49. The molecule has 3 heterocycles. The van der Waals surface area contributed by atoms with Gasteiger partial charge in [-0.3, -0.25) is 19.2 Å². The monoisotopic (exact) mass is 533 g/mol. The van der Waals surface area contributed by atoms with Crippen LogP contribution in [-0.4, -0.2) is 41.9 Å². The quantitative estimate of drug-likeness (QED) is 0.524. The fourth-order valence-electron chi connectivity index (χ4n) is 4.30. The summed E-state index contributed by atoms with van der Waals surface area (Å²) in [4.78, 5) is 50.1. The second-order valence-corrected chi connectivity index (χ2v) is 9.49. The number of benzene rings is 2. The van der Waals surface area contributed by atoms with E-state index < -0.39 is 41.9 Å². The Kier molecular flexibility index (Phi) is 6.09. The number of carbonyl (C=O) groups excluding carboxylic acids is 4. The van der Waals surface area contributed by atoms with Gasteiger partial charge in [-0.05, 0) is 35.9 Å². The summed E-state index contributed by atoms with van der Waals surface area (Å²) in [6, 6.07) is 8.34. The summed E-state index contributed by atoms with van der Waals surface area (Å²) in [6.45, 7) is -0.452. The predicted molar refractivity (Wildman–Crippen MR) is 125 cm³/mol. The van der Waals surface area contributed by atoms with Crippen LogP contribution in [0.2, 0.25) is 10.0 Å². The Morgan fingerprint density at radius 3 is 2.67 bits per heavy atom. The fraction of sp³-hybridized carbons (Fsp3) is 0.250. The molecule has 12 heteroatoms. The third-order valence-electron chi connectivity index (χ3n) is 6.03. The van der Waals surface area contributed by atoms with Crippen molar-refractivity contribution in [3.8, 4) is 11.5 Å². The van der Waals surface area contributed by atoms with Gasteiger partial charge in [-0.25, -0.2) is 4.39 Å². The molecule has 0 spiro atoms. The molecule has 1 saturated carbocycles. The third-order valence-corrected chi connectivity index (χ3v) is 6.57. The van der Waals surface area contributed by atoms with Crippen LogP contribution in [0.1, 0.15) is 29.6 Å². The van der Waals surface area contributed by atoms with E-state index in [0.29, 0.717) is 16.2 Å². The number of nitrogens with one attached hydrogen (secondary N) is 3. The first-order valence-corrected chi connectivity index (χ1v) is 11.6. The topological polar surface area (TPSA) is 123 Å². The molecule has 1 fully saturated rings. The molecule has 4 aliphatic rings. The minimum absolute atomic E-state index is 0.0745. The van der Waals surface area contributed by atoms with Gasteiger partial charge in [-0.1, -0.05) is 23.2 Å². The van der Waals surface area contributed by atoms with Crippen molar-refractivity contribution in [2.24, 2.45) is 0 Å². The summed E-state index contributed by atoms with van der Waals surface area (Å²) in [5.41, 5.74) is 0.0134. The zero-order chi connectivity index (χ0) is 25.6. The molecule has 9 nitrogen and oxygen atoms in total. The molecule has 36 heavy (non-hydrogen) atoms. The summed E-state index contributed by atoms with van der Waals surface area (Å²) >= 11 is 11.5. The Morgan fingerprint density at radius 2 is 1.94 bits per heavy atom.